The molecule has 0 bridgehead atoms. The normalized spacial score (nSPS) is 17.1. The summed E-state index contributed by atoms with van der Waals surface area (Å²) in [5.74, 6) is -0.509. The summed E-state index contributed by atoms with van der Waals surface area (Å²) in [5, 5.41) is 3.13. The van der Waals surface area contributed by atoms with Crippen molar-refractivity contribution < 1.29 is 13.6 Å². The van der Waals surface area contributed by atoms with Crippen LogP contribution in [-0.4, -0.2) is 37.5 Å². The molecule has 0 aliphatic carbocycles. The van der Waals surface area contributed by atoms with Gasteiger partial charge in [0.05, 0.1) is 0 Å². The lowest BCUT2D eigenvalue weighted by atomic mass is 9.98. The number of likely N-dealkylation sites (tertiary alicyclic amines) is 1. The van der Waals surface area contributed by atoms with Crippen LogP contribution in [0.25, 0.3) is 11.1 Å². The maximum atomic E-state index is 14.6. The van der Waals surface area contributed by atoms with Crippen molar-refractivity contribution in [3.63, 3.8) is 0 Å². The van der Waals surface area contributed by atoms with Gasteiger partial charge in [-0.2, -0.15) is 0 Å². The van der Waals surface area contributed by atoms with E-state index in [2.05, 4.69) is 5.32 Å². The Kier molecular flexibility index (Phi) is 5.13. The van der Waals surface area contributed by atoms with Crippen LogP contribution in [0, 0.1) is 24.5 Å². The van der Waals surface area contributed by atoms with E-state index in [4.69, 9.17) is 0 Å². The van der Waals surface area contributed by atoms with E-state index in [1.807, 2.05) is 7.05 Å². The van der Waals surface area contributed by atoms with Crippen LogP contribution in [0.2, 0.25) is 0 Å². The molecule has 2 aromatic carbocycles. The lowest BCUT2D eigenvalue weighted by molar-refractivity contribution is 0.0786. The minimum absolute atomic E-state index is 0.139. The van der Waals surface area contributed by atoms with Crippen LogP contribution in [-0.2, 0) is 0 Å². The van der Waals surface area contributed by atoms with Gasteiger partial charge in [-0.05, 0) is 68.2 Å². The number of halogens is 2. The fourth-order valence-electron chi connectivity index (χ4n) is 3.45. The Bertz CT molecular complexity index is 791. The zero-order valence-corrected chi connectivity index (χ0v) is 14.5. The number of nitrogens with one attached hydrogen (secondary N) is 1. The Morgan fingerprint density at radius 2 is 1.96 bits per heavy atom. The molecule has 0 aromatic heterocycles. The van der Waals surface area contributed by atoms with E-state index >= 15 is 0 Å². The fourth-order valence-corrected chi connectivity index (χ4v) is 3.45. The van der Waals surface area contributed by atoms with E-state index in [9.17, 15) is 13.6 Å². The van der Waals surface area contributed by atoms with Crippen LogP contribution in [0.15, 0.2) is 36.4 Å². The summed E-state index contributed by atoms with van der Waals surface area (Å²) >= 11 is 0. The van der Waals surface area contributed by atoms with Crippen molar-refractivity contribution >= 4 is 5.91 Å². The second-order valence-electron chi connectivity index (χ2n) is 6.62. The molecule has 25 heavy (non-hydrogen) atoms. The monoisotopic (exact) mass is 344 g/mol. The highest BCUT2D eigenvalue weighted by Crippen LogP contribution is 2.28. The van der Waals surface area contributed by atoms with E-state index in [1.54, 1.807) is 30.0 Å². The molecule has 1 atom stereocenters. The number of hydrogen-bond donors (Lipinski definition) is 1. The predicted molar refractivity (Wildman–Crippen MR) is 94.5 cm³/mol. The van der Waals surface area contributed by atoms with Crippen molar-refractivity contribution in [2.45, 2.75) is 13.3 Å². The minimum atomic E-state index is -0.466. The molecular formula is C20H22F2N2O. The van der Waals surface area contributed by atoms with Crippen molar-refractivity contribution in [1.29, 1.82) is 0 Å². The molecule has 1 unspecified atom stereocenters. The van der Waals surface area contributed by atoms with Gasteiger partial charge in [0.25, 0.3) is 5.91 Å². The summed E-state index contributed by atoms with van der Waals surface area (Å²) in [4.78, 5) is 14.4. The van der Waals surface area contributed by atoms with Crippen molar-refractivity contribution in [1.82, 2.24) is 10.2 Å². The number of rotatable bonds is 4. The Hall–Kier alpha value is -2.27. The molecule has 1 N–H and O–H groups in total. The molecular weight excluding hydrogens is 322 g/mol. The molecule has 2 aromatic rings. The minimum Gasteiger partial charge on any atom is -0.338 e. The number of amides is 1. The van der Waals surface area contributed by atoms with Gasteiger partial charge in [0.1, 0.15) is 11.6 Å². The third-order valence-corrected chi connectivity index (χ3v) is 4.76. The highest BCUT2D eigenvalue weighted by molar-refractivity contribution is 5.95. The van der Waals surface area contributed by atoms with Crippen molar-refractivity contribution in [3.8, 4) is 11.1 Å². The Balaban J connectivity index is 1.81. The molecule has 3 rings (SSSR count). The van der Waals surface area contributed by atoms with Gasteiger partial charge in [0.15, 0.2) is 0 Å². The molecule has 1 heterocycles. The summed E-state index contributed by atoms with van der Waals surface area (Å²) in [5.41, 5.74) is 2.02. The van der Waals surface area contributed by atoms with Gasteiger partial charge < -0.3 is 10.2 Å². The van der Waals surface area contributed by atoms with Gasteiger partial charge in [-0.3, -0.25) is 4.79 Å². The first kappa shape index (κ1) is 17.5. The molecule has 0 saturated carbocycles. The van der Waals surface area contributed by atoms with E-state index < -0.39 is 5.82 Å². The number of nitrogens with zero attached hydrogens (tertiary/aromatic N) is 1. The second-order valence-corrected chi connectivity index (χ2v) is 6.62. The summed E-state index contributed by atoms with van der Waals surface area (Å²) < 4.78 is 27.8. The lowest BCUT2D eigenvalue weighted by Crippen LogP contribution is -2.30. The van der Waals surface area contributed by atoms with Gasteiger partial charge in [0.2, 0.25) is 0 Å². The van der Waals surface area contributed by atoms with E-state index in [0.717, 1.165) is 13.0 Å². The van der Waals surface area contributed by atoms with Crippen molar-refractivity contribution in [2.75, 3.05) is 26.7 Å². The second kappa shape index (κ2) is 7.31. The Morgan fingerprint density at radius 3 is 2.64 bits per heavy atom. The SMILES string of the molecule is CNCC1CCN(C(=O)c2ccc(-c3ccc(F)cc3C)c(F)c2)C1. The first-order valence-electron chi connectivity index (χ1n) is 8.49. The van der Waals surface area contributed by atoms with Gasteiger partial charge in [-0.15, -0.1) is 0 Å². The molecule has 1 fully saturated rings. The van der Waals surface area contributed by atoms with Crippen molar-refractivity contribution in [3.05, 3.63) is 59.2 Å². The quantitative estimate of drug-likeness (QED) is 0.919. The Labute approximate surface area is 146 Å². The number of hydrogen-bond acceptors (Lipinski definition) is 2. The molecule has 5 heteroatoms. The van der Waals surface area contributed by atoms with Crippen LogP contribution in [0.3, 0.4) is 0 Å². The van der Waals surface area contributed by atoms with Crippen LogP contribution in [0.5, 0.6) is 0 Å². The third kappa shape index (κ3) is 3.71. The first-order chi connectivity index (χ1) is 12.0. The highest BCUT2D eigenvalue weighted by atomic mass is 19.1. The summed E-state index contributed by atoms with van der Waals surface area (Å²) in [6.07, 6.45) is 0.960. The lowest BCUT2D eigenvalue weighted by Gasteiger charge is -2.17. The summed E-state index contributed by atoms with van der Waals surface area (Å²) in [7, 11) is 1.90. The maximum absolute atomic E-state index is 14.6. The first-order valence-corrected chi connectivity index (χ1v) is 8.49. The molecule has 132 valence electrons. The zero-order valence-electron chi connectivity index (χ0n) is 14.5. The van der Waals surface area contributed by atoms with Crippen LogP contribution in [0.4, 0.5) is 8.78 Å². The number of aryl methyl sites for hydroxylation is 1. The van der Waals surface area contributed by atoms with Gasteiger partial charge in [0, 0.05) is 24.2 Å². The van der Waals surface area contributed by atoms with Gasteiger partial charge in [-0.1, -0.05) is 12.1 Å². The number of carbonyl (C=O) groups excluding carboxylic acids is 1. The number of benzene rings is 2. The summed E-state index contributed by atoms with van der Waals surface area (Å²) in [6.45, 7) is 4.01. The third-order valence-electron chi connectivity index (χ3n) is 4.76. The van der Waals surface area contributed by atoms with E-state index in [1.165, 1.54) is 18.2 Å². The van der Waals surface area contributed by atoms with Crippen LogP contribution < -0.4 is 5.32 Å². The predicted octanol–water partition coefficient (Wildman–Crippen LogP) is 3.62. The average Bonchev–Trinajstić information content (AvgIpc) is 3.04. The fraction of sp³-hybridized carbons (Fsp3) is 0.350. The van der Waals surface area contributed by atoms with Gasteiger partial charge in [-0.25, -0.2) is 8.78 Å². The molecule has 0 radical (unpaired) electrons. The molecule has 1 aliphatic rings. The smallest absolute Gasteiger partial charge is 0.253 e. The average molecular weight is 344 g/mol. The molecule has 1 saturated heterocycles. The molecule has 3 nitrogen and oxygen atoms in total. The maximum Gasteiger partial charge on any atom is 0.253 e. The number of carbonyl (C=O) groups is 1. The van der Waals surface area contributed by atoms with Crippen LogP contribution in [0.1, 0.15) is 22.3 Å². The Morgan fingerprint density at radius 1 is 1.20 bits per heavy atom. The topological polar surface area (TPSA) is 32.3 Å². The van der Waals surface area contributed by atoms with E-state index in [-0.39, 0.29) is 11.7 Å². The van der Waals surface area contributed by atoms with Crippen LogP contribution >= 0.6 is 0 Å². The highest BCUT2D eigenvalue weighted by Gasteiger charge is 2.27. The van der Waals surface area contributed by atoms with Crippen molar-refractivity contribution in [2.24, 2.45) is 5.92 Å². The van der Waals surface area contributed by atoms with E-state index in [0.29, 0.717) is 41.3 Å². The standard InChI is InChI=1S/C20H22F2N2O/c1-13-9-16(21)4-6-17(13)18-5-3-15(10-19(18)22)20(25)24-8-7-14(12-24)11-23-2/h3-6,9-10,14,23H,7-8,11-12H2,1-2H3. The summed E-state index contributed by atoms with van der Waals surface area (Å²) in [6, 6.07) is 8.78. The van der Waals surface area contributed by atoms with Gasteiger partial charge >= 0.3 is 0 Å². The molecule has 1 aliphatic heterocycles. The molecule has 0 spiro atoms. The zero-order chi connectivity index (χ0) is 18.0. The largest absolute Gasteiger partial charge is 0.338 e. The molecule has 1 amide bonds.